The van der Waals surface area contributed by atoms with Gasteiger partial charge in [-0.15, -0.1) is 0 Å². The minimum atomic E-state index is 0.595. The van der Waals surface area contributed by atoms with Crippen LogP contribution in [0.5, 0.6) is 5.75 Å². The van der Waals surface area contributed by atoms with E-state index >= 15 is 0 Å². The maximum absolute atomic E-state index is 6.06. The topological polar surface area (TPSA) is 70.8 Å². The molecule has 0 amide bonds. The van der Waals surface area contributed by atoms with E-state index in [0.717, 1.165) is 78.1 Å². The van der Waals surface area contributed by atoms with Gasteiger partial charge in [0, 0.05) is 54.9 Å². The molecule has 0 bridgehead atoms. The second-order valence-corrected chi connectivity index (χ2v) is 10.1. The minimum Gasteiger partial charge on any atom is -0.491 e. The zero-order chi connectivity index (χ0) is 25.7. The molecule has 6 rings (SSSR count). The van der Waals surface area contributed by atoms with Crippen LogP contribution in [0.25, 0.3) is 10.9 Å². The van der Waals surface area contributed by atoms with Gasteiger partial charge >= 0.3 is 0 Å². The summed E-state index contributed by atoms with van der Waals surface area (Å²) in [5, 5.41) is 5.76. The molecule has 0 aliphatic carbocycles. The number of hydrazone groups is 1. The number of fused-ring (bicyclic) bond motifs is 1. The molecule has 4 aromatic rings. The van der Waals surface area contributed by atoms with E-state index < -0.39 is 0 Å². The van der Waals surface area contributed by atoms with E-state index in [1.165, 1.54) is 25.7 Å². The Hall–Kier alpha value is -4.07. The van der Waals surface area contributed by atoms with Crippen molar-refractivity contribution in [3.05, 3.63) is 71.9 Å². The van der Waals surface area contributed by atoms with Gasteiger partial charge in [-0.3, -0.25) is 5.43 Å². The lowest BCUT2D eigenvalue weighted by molar-refractivity contribution is 0.298. The van der Waals surface area contributed by atoms with Crippen LogP contribution in [0.15, 0.2) is 65.9 Å². The molecular formula is C30H35N7O. The molecule has 2 aliphatic heterocycles. The number of aryl methyl sites for hydroxylation is 1. The van der Waals surface area contributed by atoms with Crippen LogP contribution in [-0.2, 0) is 6.54 Å². The standard InChI is InChI=1S/C30H35N7O/c1-23-10-2-5-13-27(23)38-19-18-37-22-24(25-11-3-4-12-26(25)37)21-31-34-28-20-29(35-14-6-7-15-35)33-30(32-28)36-16-8-9-17-36/h2-5,10-13,20-22H,6-9,14-19H2,1H3,(H,32,33,34)/b31-21+. The summed E-state index contributed by atoms with van der Waals surface area (Å²) >= 11 is 0. The quantitative estimate of drug-likeness (QED) is 0.239. The number of para-hydroxylation sites is 2. The van der Waals surface area contributed by atoms with Crippen molar-refractivity contribution in [2.24, 2.45) is 5.10 Å². The fraction of sp³-hybridized carbons (Fsp3) is 0.367. The lowest BCUT2D eigenvalue weighted by Gasteiger charge is -2.21. The third kappa shape index (κ3) is 5.30. The lowest BCUT2D eigenvalue weighted by atomic mass is 10.2. The Bertz CT molecular complexity index is 1380. The van der Waals surface area contributed by atoms with Crippen LogP contribution in [0.1, 0.15) is 36.8 Å². The molecule has 2 aliphatic rings. The number of nitrogens with one attached hydrogen (secondary N) is 1. The van der Waals surface area contributed by atoms with E-state index in [9.17, 15) is 0 Å². The minimum absolute atomic E-state index is 0.595. The van der Waals surface area contributed by atoms with Crippen molar-refractivity contribution in [2.75, 3.05) is 48.0 Å². The molecular weight excluding hydrogens is 474 g/mol. The third-order valence-electron chi connectivity index (χ3n) is 7.41. The Morgan fingerprint density at radius 2 is 1.66 bits per heavy atom. The second-order valence-electron chi connectivity index (χ2n) is 10.1. The maximum Gasteiger partial charge on any atom is 0.229 e. The summed E-state index contributed by atoms with van der Waals surface area (Å²) in [5.41, 5.74) is 6.56. The Kier molecular flexibility index (Phi) is 7.11. The van der Waals surface area contributed by atoms with Crippen LogP contribution in [0.3, 0.4) is 0 Å². The molecule has 2 aromatic carbocycles. The van der Waals surface area contributed by atoms with Gasteiger partial charge in [-0.1, -0.05) is 36.4 Å². The van der Waals surface area contributed by atoms with E-state index in [1.807, 2.05) is 30.5 Å². The van der Waals surface area contributed by atoms with Crippen LogP contribution < -0.4 is 20.0 Å². The molecule has 2 aromatic heterocycles. The van der Waals surface area contributed by atoms with E-state index in [1.54, 1.807) is 0 Å². The normalized spacial score (nSPS) is 15.7. The summed E-state index contributed by atoms with van der Waals surface area (Å²) in [7, 11) is 0. The predicted molar refractivity (Wildman–Crippen MR) is 155 cm³/mol. The van der Waals surface area contributed by atoms with Gasteiger partial charge in [-0.2, -0.15) is 15.1 Å². The highest BCUT2D eigenvalue weighted by Crippen LogP contribution is 2.26. The van der Waals surface area contributed by atoms with Crippen LogP contribution in [-0.4, -0.2) is 53.5 Å². The maximum atomic E-state index is 6.06. The first kappa shape index (κ1) is 24.3. The number of anilines is 3. The molecule has 4 heterocycles. The molecule has 2 saturated heterocycles. The first-order chi connectivity index (χ1) is 18.7. The number of hydrogen-bond acceptors (Lipinski definition) is 7. The van der Waals surface area contributed by atoms with Crippen molar-refractivity contribution >= 4 is 34.7 Å². The fourth-order valence-corrected chi connectivity index (χ4v) is 5.35. The molecule has 8 heteroatoms. The fourth-order valence-electron chi connectivity index (χ4n) is 5.35. The Morgan fingerprint density at radius 1 is 0.921 bits per heavy atom. The first-order valence-electron chi connectivity index (χ1n) is 13.7. The molecule has 196 valence electrons. The Morgan fingerprint density at radius 3 is 2.47 bits per heavy atom. The van der Waals surface area contributed by atoms with Crippen molar-refractivity contribution in [3.63, 3.8) is 0 Å². The van der Waals surface area contributed by atoms with Gasteiger partial charge in [0.1, 0.15) is 18.2 Å². The largest absolute Gasteiger partial charge is 0.491 e. The first-order valence-corrected chi connectivity index (χ1v) is 13.7. The molecule has 1 N–H and O–H groups in total. The molecule has 8 nitrogen and oxygen atoms in total. The van der Waals surface area contributed by atoms with Crippen molar-refractivity contribution < 1.29 is 4.74 Å². The SMILES string of the molecule is Cc1ccccc1OCCn1cc(/C=N/Nc2cc(N3CCCC3)nc(N3CCCC3)n2)c2ccccc21. The Balaban J connectivity index is 1.19. The number of ether oxygens (including phenoxy) is 1. The average molecular weight is 510 g/mol. The molecule has 38 heavy (non-hydrogen) atoms. The highest BCUT2D eigenvalue weighted by Gasteiger charge is 2.20. The van der Waals surface area contributed by atoms with E-state index in [4.69, 9.17) is 14.7 Å². The van der Waals surface area contributed by atoms with Gasteiger partial charge in [-0.05, 0) is 50.3 Å². The van der Waals surface area contributed by atoms with Crippen molar-refractivity contribution in [2.45, 2.75) is 39.2 Å². The van der Waals surface area contributed by atoms with Gasteiger partial charge < -0.3 is 19.1 Å². The van der Waals surface area contributed by atoms with E-state index in [2.05, 4.69) is 68.3 Å². The monoisotopic (exact) mass is 509 g/mol. The van der Waals surface area contributed by atoms with Crippen molar-refractivity contribution in [1.29, 1.82) is 0 Å². The van der Waals surface area contributed by atoms with Crippen LogP contribution in [0.4, 0.5) is 17.6 Å². The number of aromatic nitrogens is 3. The highest BCUT2D eigenvalue weighted by atomic mass is 16.5. The molecule has 0 spiro atoms. The van der Waals surface area contributed by atoms with Crippen molar-refractivity contribution in [1.82, 2.24) is 14.5 Å². The molecule has 0 radical (unpaired) electrons. The Labute approximate surface area is 224 Å². The van der Waals surface area contributed by atoms with Gasteiger partial charge in [0.25, 0.3) is 0 Å². The summed E-state index contributed by atoms with van der Waals surface area (Å²) in [4.78, 5) is 14.3. The van der Waals surface area contributed by atoms with Gasteiger partial charge in [0.05, 0.1) is 12.8 Å². The number of nitrogens with zero attached hydrogens (tertiary/aromatic N) is 6. The van der Waals surface area contributed by atoms with Crippen LogP contribution >= 0.6 is 0 Å². The molecule has 0 atom stereocenters. The third-order valence-corrected chi connectivity index (χ3v) is 7.41. The number of rotatable bonds is 9. The molecule has 0 unspecified atom stereocenters. The molecule has 0 saturated carbocycles. The highest BCUT2D eigenvalue weighted by molar-refractivity contribution is 5.99. The second kappa shape index (κ2) is 11.1. The summed E-state index contributed by atoms with van der Waals surface area (Å²) in [6.45, 7) is 7.54. The van der Waals surface area contributed by atoms with E-state index in [0.29, 0.717) is 6.61 Å². The predicted octanol–water partition coefficient (Wildman–Crippen LogP) is 5.47. The summed E-state index contributed by atoms with van der Waals surface area (Å²) in [5.74, 6) is 3.45. The van der Waals surface area contributed by atoms with Gasteiger partial charge in [-0.25, -0.2) is 0 Å². The van der Waals surface area contributed by atoms with Crippen LogP contribution in [0, 0.1) is 6.92 Å². The summed E-state index contributed by atoms with van der Waals surface area (Å²) in [6, 6.07) is 18.6. The summed E-state index contributed by atoms with van der Waals surface area (Å²) < 4.78 is 8.29. The zero-order valence-electron chi connectivity index (χ0n) is 22.0. The van der Waals surface area contributed by atoms with Gasteiger partial charge in [0.2, 0.25) is 5.95 Å². The van der Waals surface area contributed by atoms with Crippen molar-refractivity contribution in [3.8, 4) is 5.75 Å². The van der Waals surface area contributed by atoms with Gasteiger partial charge in [0.15, 0.2) is 5.82 Å². The summed E-state index contributed by atoms with van der Waals surface area (Å²) in [6.07, 6.45) is 8.83. The average Bonchev–Trinajstić information content (AvgIpc) is 3.72. The lowest BCUT2D eigenvalue weighted by Crippen LogP contribution is -2.24. The van der Waals surface area contributed by atoms with Crippen LogP contribution in [0.2, 0.25) is 0 Å². The molecule has 2 fully saturated rings. The number of hydrogen-bond donors (Lipinski definition) is 1. The zero-order valence-corrected chi connectivity index (χ0v) is 22.0. The number of benzene rings is 2. The van der Waals surface area contributed by atoms with E-state index in [-0.39, 0.29) is 0 Å². The smallest absolute Gasteiger partial charge is 0.229 e.